The van der Waals surface area contributed by atoms with Crippen molar-refractivity contribution in [2.24, 2.45) is 0 Å². The number of ether oxygens (including phenoxy) is 1. The summed E-state index contributed by atoms with van der Waals surface area (Å²) < 4.78 is 39.5. The molecule has 3 aromatic heterocycles. The van der Waals surface area contributed by atoms with E-state index in [4.69, 9.17) is 9.15 Å². The zero-order chi connectivity index (χ0) is 20.3. The molecular formula is C18H13BrN4O4S2. The summed E-state index contributed by atoms with van der Waals surface area (Å²) >= 11 is 4.28. The number of hydrogen-bond donors (Lipinski definition) is 1. The molecule has 1 aromatic carbocycles. The third-order valence-corrected chi connectivity index (χ3v) is 6.99. The van der Waals surface area contributed by atoms with Gasteiger partial charge in [0.15, 0.2) is 12.2 Å². The molecule has 148 valence electrons. The second-order valence-corrected chi connectivity index (χ2v) is 9.52. The Balaban J connectivity index is 1.56. The fourth-order valence-corrected chi connectivity index (χ4v) is 4.89. The molecule has 0 fully saturated rings. The second-order valence-electron chi connectivity index (χ2n) is 5.71. The van der Waals surface area contributed by atoms with Crippen LogP contribution in [0.3, 0.4) is 0 Å². The summed E-state index contributed by atoms with van der Waals surface area (Å²) in [6.07, 6.45) is 4.20. The molecule has 4 aromatic rings. The zero-order valence-corrected chi connectivity index (χ0v) is 17.9. The van der Waals surface area contributed by atoms with E-state index in [2.05, 4.69) is 35.6 Å². The molecule has 0 unspecified atom stereocenters. The van der Waals surface area contributed by atoms with Crippen molar-refractivity contribution in [3.05, 3.63) is 71.4 Å². The number of hydrogen-bond acceptors (Lipinski definition) is 8. The molecule has 11 heteroatoms. The predicted molar refractivity (Wildman–Crippen MR) is 111 cm³/mol. The Morgan fingerprint density at radius 2 is 1.97 bits per heavy atom. The monoisotopic (exact) mass is 492 g/mol. The molecule has 0 saturated carbocycles. The fourth-order valence-electron chi connectivity index (χ4n) is 2.36. The lowest BCUT2D eigenvalue weighted by atomic mass is 10.2. The Kier molecular flexibility index (Phi) is 5.60. The first-order valence-corrected chi connectivity index (χ1v) is 11.3. The van der Waals surface area contributed by atoms with Crippen LogP contribution in [0.4, 0.5) is 5.82 Å². The summed E-state index contributed by atoms with van der Waals surface area (Å²) in [6, 6.07) is 12.6. The number of sulfonamides is 1. The Hall–Kier alpha value is -2.76. The van der Waals surface area contributed by atoms with E-state index < -0.39 is 10.0 Å². The molecule has 0 atom stereocenters. The Morgan fingerprint density at radius 1 is 1.14 bits per heavy atom. The number of rotatable bonds is 7. The van der Waals surface area contributed by atoms with Gasteiger partial charge in [-0.1, -0.05) is 30.3 Å². The first-order valence-electron chi connectivity index (χ1n) is 8.22. The van der Waals surface area contributed by atoms with E-state index in [0.29, 0.717) is 15.2 Å². The average Bonchev–Trinajstić information content (AvgIpc) is 3.41. The van der Waals surface area contributed by atoms with Gasteiger partial charge in [-0.2, -0.15) is 0 Å². The molecule has 0 radical (unpaired) electrons. The summed E-state index contributed by atoms with van der Waals surface area (Å²) in [6.45, 7) is 0.218. The number of aromatic nitrogens is 3. The van der Waals surface area contributed by atoms with Crippen LogP contribution in [0.25, 0.3) is 10.6 Å². The number of anilines is 1. The van der Waals surface area contributed by atoms with Gasteiger partial charge in [0, 0.05) is 0 Å². The van der Waals surface area contributed by atoms with E-state index in [1.165, 1.54) is 24.9 Å². The maximum atomic E-state index is 12.8. The number of nitrogens with zero attached hydrogens (tertiary/aromatic N) is 3. The predicted octanol–water partition coefficient (Wildman–Crippen LogP) is 4.34. The summed E-state index contributed by atoms with van der Waals surface area (Å²) in [4.78, 5) is 12.8. The Morgan fingerprint density at radius 3 is 2.72 bits per heavy atom. The van der Waals surface area contributed by atoms with Crippen LogP contribution in [0.15, 0.2) is 74.5 Å². The molecule has 29 heavy (non-hydrogen) atoms. The van der Waals surface area contributed by atoms with E-state index in [1.54, 1.807) is 6.07 Å². The molecule has 0 aliphatic rings. The molecule has 3 heterocycles. The van der Waals surface area contributed by atoms with Crippen LogP contribution in [0.2, 0.25) is 0 Å². The molecule has 1 N–H and O–H groups in total. The van der Waals surface area contributed by atoms with Gasteiger partial charge in [0.2, 0.25) is 5.82 Å². The SMILES string of the molecule is O=S(=O)(Nc1ncc(Br)nc1OCc1ccccc1)c1ccc(-c2cnco2)s1. The van der Waals surface area contributed by atoms with Gasteiger partial charge in [-0.3, -0.25) is 4.72 Å². The normalized spacial score (nSPS) is 11.3. The van der Waals surface area contributed by atoms with E-state index in [0.717, 1.165) is 16.9 Å². The lowest BCUT2D eigenvalue weighted by Gasteiger charge is -2.11. The van der Waals surface area contributed by atoms with Crippen molar-refractivity contribution in [2.75, 3.05) is 4.72 Å². The third-order valence-electron chi connectivity index (χ3n) is 3.68. The molecule has 0 saturated heterocycles. The third kappa shape index (κ3) is 4.63. The highest BCUT2D eigenvalue weighted by atomic mass is 79.9. The van der Waals surface area contributed by atoms with Crippen molar-refractivity contribution >= 4 is 43.1 Å². The van der Waals surface area contributed by atoms with Crippen LogP contribution in [0.5, 0.6) is 5.88 Å². The first kappa shape index (κ1) is 19.6. The van der Waals surface area contributed by atoms with Gasteiger partial charge in [-0.15, -0.1) is 11.3 Å². The largest absolute Gasteiger partial charge is 0.470 e. The van der Waals surface area contributed by atoms with Gasteiger partial charge < -0.3 is 9.15 Å². The molecule has 8 nitrogen and oxygen atoms in total. The highest BCUT2D eigenvalue weighted by molar-refractivity contribution is 9.10. The summed E-state index contributed by atoms with van der Waals surface area (Å²) in [5.41, 5.74) is 0.915. The minimum absolute atomic E-state index is 0.00116. The molecule has 0 aliphatic heterocycles. The average molecular weight is 493 g/mol. The van der Waals surface area contributed by atoms with Crippen molar-refractivity contribution in [1.82, 2.24) is 15.0 Å². The van der Waals surface area contributed by atoms with Crippen LogP contribution in [0, 0.1) is 0 Å². The summed E-state index contributed by atoms with van der Waals surface area (Å²) in [5, 5.41) is 0. The van der Waals surface area contributed by atoms with Crippen molar-refractivity contribution in [1.29, 1.82) is 0 Å². The molecule has 0 aliphatic carbocycles. The number of nitrogens with one attached hydrogen (secondary N) is 1. The topological polar surface area (TPSA) is 107 Å². The number of thiophene rings is 1. The Bertz CT molecular complexity index is 1210. The second kappa shape index (κ2) is 8.31. The first-order chi connectivity index (χ1) is 14.0. The molecular weight excluding hydrogens is 480 g/mol. The van der Waals surface area contributed by atoms with E-state index in [-0.39, 0.29) is 22.5 Å². The van der Waals surface area contributed by atoms with Crippen LogP contribution >= 0.6 is 27.3 Å². The highest BCUT2D eigenvalue weighted by Gasteiger charge is 2.22. The lowest BCUT2D eigenvalue weighted by Crippen LogP contribution is -2.14. The quantitative estimate of drug-likeness (QED) is 0.408. The standard InChI is InChI=1S/C18H13BrN4O4S2/c19-15-9-21-17(18(22-15)26-10-12-4-2-1-3-5-12)23-29(24,25)16-7-6-14(28-16)13-8-20-11-27-13/h1-9,11H,10H2,(H,21,23). The van der Waals surface area contributed by atoms with Gasteiger partial charge >= 0.3 is 0 Å². The number of benzene rings is 1. The van der Waals surface area contributed by atoms with Crippen molar-refractivity contribution in [2.45, 2.75) is 10.8 Å². The minimum Gasteiger partial charge on any atom is -0.470 e. The van der Waals surface area contributed by atoms with Crippen LogP contribution in [0.1, 0.15) is 5.56 Å². The maximum absolute atomic E-state index is 12.8. The van der Waals surface area contributed by atoms with Gasteiger partial charge in [0.05, 0.1) is 17.3 Å². The summed E-state index contributed by atoms with van der Waals surface area (Å²) in [7, 11) is -3.89. The zero-order valence-electron chi connectivity index (χ0n) is 14.6. The van der Waals surface area contributed by atoms with Crippen molar-refractivity contribution < 1.29 is 17.6 Å². The number of oxazole rings is 1. The van der Waals surface area contributed by atoms with Gasteiger partial charge in [0.25, 0.3) is 15.9 Å². The maximum Gasteiger partial charge on any atom is 0.272 e. The molecule has 0 amide bonds. The number of halogens is 1. The molecule has 4 rings (SSSR count). The van der Waals surface area contributed by atoms with E-state index in [1.807, 2.05) is 30.3 Å². The summed E-state index contributed by atoms with van der Waals surface area (Å²) in [5.74, 6) is 0.560. The fraction of sp³-hybridized carbons (Fsp3) is 0.0556. The van der Waals surface area contributed by atoms with Crippen molar-refractivity contribution in [3.8, 4) is 16.5 Å². The molecule has 0 bridgehead atoms. The van der Waals surface area contributed by atoms with Crippen molar-refractivity contribution in [3.63, 3.8) is 0 Å². The Labute approximate surface area is 178 Å². The van der Waals surface area contributed by atoms with Gasteiger partial charge in [-0.05, 0) is 33.6 Å². The van der Waals surface area contributed by atoms with E-state index in [9.17, 15) is 8.42 Å². The van der Waals surface area contributed by atoms with Gasteiger partial charge in [-0.25, -0.2) is 23.4 Å². The lowest BCUT2D eigenvalue weighted by molar-refractivity contribution is 0.294. The molecule has 0 spiro atoms. The van der Waals surface area contributed by atoms with Crippen LogP contribution in [-0.2, 0) is 16.6 Å². The smallest absolute Gasteiger partial charge is 0.272 e. The van der Waals surface area contributed by atoms with Crippen LogP contribution in [-0.4, -0.2) is 23.4 Å². The van der Waals surface area contributed by atoms with Gasteiger partial charge in [0.1, 0.15) is 15.4 Å². The van der Waals surface area contributed by atoms with Crippen LogP contribution < -0.4 is 9.46 Å². The highest BCUT2D eigenvalue weighted by Crippen LogP contribution is 2.32. The minimum atomic E-state index is -3.89. The van der Waals surface area contributed by atoms with E-state index >= 15 is 0 Å².